The van der Waals surface area contributed by atoms with E-state index in [0.29, 0.717) is 5.95 Å². The van der Waals surface area contributed by atoms with Gasteiger partial charge in [-0.2, -0.15) is 4.98 Å². The summed E-state index contributed by atoms with van der Waals surface area (Å²) in [5.74, 6) is 6.51. The molecule has 2 atom stereocenters. The Morgan fingerprint density at radius 2 is 1.95 bits per heavy atom. The quantitative estimate of drug-likeness (QED) is 0.501. The number of benzene rings is 1. The summed E-state index contributed by atoms with van der Waals surface area (Å²) in [5.41, 5.74) is 3.31. The lowest BCUT2D eigenvalue weighted by Gasteiger charge is -2.29. The molecule has 2 unspecified atom stereocenters. The normalized spacial score (nSPS) is 22.7. The SMILES string of the molecule is NNc1nc(NC2CCCCC2O)c2ccccc2n1. The molecule has 0 radical (unpaired) electrons. The van der Waals surface area contributed by atoms with Gasteiger partial charge in [0.1, 0.15) is 5.82 Å². The molecular weight excluding hydrogens is 254 g/mol. The van der Waals surface area contributed by atoms with Gasteiger partial charge in [-0.25, -0.2) is 10.8 Å². The molecule has 1 heterocycles. The van der Waals surface area contributed by atoms with Crippen LogP contribution >= 0.6 is 0 Å². The van der Waals surface area contributed by atoms with Gasteiger partial charge in [0, 0.05) is 5.39 Å². The molecule has 0 aliphatic heterocycles. The standard InChI is InChI=1S/C14H19N5O/c15-19-14-17-10-6-2-1-5-9(10)13(18-14)16-11-7-3-4-8-12(11)20/h1-2,5-6,11-12,20H,3-4,7-8,15H2,(H2,16,17,18,19). The van der Waals surface area contributed by atoms with E-state index in [1.807, 2.05) is 24.3 Å². The fourth-order valence-corrected chi connectivity index (χ4v) is 2.71. The minimum Gasteiger partial charge on any atom is -0.391 e. The highest BCUT2D eigenvalue weighted by atomic mass is 16.3. The number of hydrogen-bond donors (Lipinski definition) is 4. The summed E-state index contributed by atoms with van der Waals surface area (Å²) in [6.45, 7) is 0. The molecule has 0 spiro atoms. The molecule has 6 heteroatoms. The first-order valence-electron chi connectivity index (χ1n) is 6.96. The Morgan fingerprint density at radius 3 is 2.75 bits per heavy atom. The van der Waals surface area contributed by atoms with Crippen molar-refractivity contribution in [3.8, 4) is 0 Å². The summed E-state index contributed by atoms with van der Waals surface area (Å²) in [6.07, 6.45) is 3.67. The predicted molar refractivity (Wildman–Crippen MR) is 79.2 cm³/mol. The van der Waals surface area contributed by atoms with E-state index in [1.165, 1.54) is 0 Å². The van der Waals surface area contributed by atoms with Crippen LogP contribution in [0.1, 0.15) is 25.7 Å². The van der Waals surface area contributed by atoms with E-state index in [1.54, 1.807) is 0 Å². The van der Waals surface area contributed by atoms with E-state index in [4.69, 9.17) is 5.84 Å². The minimum atomic E-state index is -0.327. The van der Waals surface area contributed by atoms with Crippen LogP contribution in [0.25, 0.3) is 10.9 Å². The molecule has 106 valence electrons. The van der Waals surface area contributed by atoms with Crippen molar-refractivity contribution in [1.82, 2.24) is 9.97 Å². The van der Waals surface area contributed by atoms with Crippen LogP contribution in [0.2, 0.25) is 0 Å². The van der Waals surface area contributed by atoms with Crippen molar-refractivity contribution in [3.63, 3.8) is 0 Å². The Kier molecular flexibility index (Phi) is 3.66. The molecule has 1 aliphatic rings. The number of hydrogen-bond acceptors (Lipinski definition) is 6. The van der Waals surface area contributed by atoms with Crippen molar-refractivity contribution in [2.24, 2.45) is 5.84 Å². The maximum Gasteiger partial charge on any atom is 0.239 e. The van der Waals surface area contributed by atoms with Gasteiger partial charge in [0.15, 0.2) is 0 Å². The van der Waals surface area contributed by atoms with Crippen LogP contribution < -0.4 is 16.6 Å². The van der Waals surface area contributed by atoms with Crippen molar-refractivity contribution < 1.29 is 5.11 Å². The third-order valence-electron chi connectivity index (χ3n) is 3.78. The fourth-order valence-electron chi connectivity index (χ4n) is 2.71. The highest BCUT2D eigenvalue weighted by molar-refractivity contribution is 5.90. The zero-order chi connectivity index (χ0) is 13.9. The number of aromatic nitrogens is 2. The average Bonchev–Trinajstić information content (AvgIpc) is 2.49. The van der Waals surface area contributed by atoms with E-state index in [-0.39, 0.29) is 12.1 Å². The Balaban J connectivity index is 1.96. The van der Waals surface area contributed by atoms with Gasteiger partial charge in [0.05, 0.1) is 17.7 Å². The molecule has 1 aromatic carbocycles. The molecule has 1 fully saturated rings. The summed E-state index contributed by atoms with van der Waals surface area (Å²) < 4.78 is 0. The molecule has 3 rings (SSSR count). The highest BCUT2D eigenvalue weighted by Crippen LogP contribution is 2.26. The molecule has 1 aromatic heterocycles. The van der Waals surface area contributed by atoms with Gasteiger partial charge in [-0.15, -0.1) is 0 Å². The Labute approximate surface area is 117 Å². The summed E-state index contributed by atoms with van der Waals surface area (Å²) in [6, 6.07) is 7.79. The van der Waals surface area contributed by atoms with Gasteiger partial charge < -0.3 is 10.4 Å². The van der Waals surface area contributed by atoms with Crippen molar-refractivity contribution in [2.75, 3.05) is 10.7 Å². The average molecular weight is 273 g/mol. The number of para-hydroxylation sites is 1. The molecule has 5 N–H and O–H groups in total. The zero-order valence-corrected chi connectivity index (χ0v) is 11.2. The molecule has 0 amide bonds. The highest BCUT2D eigenvalue weighted by Gasteiger charge is 2.23. The Morgan fingerprint density at radius 1 is 1.15 bits per heavy atom. The van der Waals surface area contributed by atoms with Crippen molar-refractivity contribution in [2.45, 2.75) is 37.8 Å². The number of nitrogens with one attached hydrogen (secondary N) is 2. The summed E-state index contributed by atoms with van der Waals surface area (Å²) in [5, 5.41) is 14.4. The number of aliphatic hydroxyl groups is 1. The lowest BCUT2D eigenvalue weighted by molar-refractivity contribution is 0.116. The first-order valence-corrected chi connectivity index (χ1v) is 6.96. The first-order chi connectivity index (χ1) is 9.78. The lowest BCUT2D eigenvalue weighted by Crippen LogP contribution is -2.36. The molecular formula is C14H19N5O. The first kappa shape index (κ1) is 13.1. The molecule has 0 bridgehead atoms. The van der Waals surface area contributed by atoms with Gasteiger partial charge in [0.25, 0.3) is 0 Å². The third-order valence-corrected chi connectivity index (χ3v) is 3.78. The van der Waals surface area contributed by atoms with Crippen LogP contribution in [0.3, 0.4) is 0 Å². The molecule has 0 saturated heterocycles. The van der Waals surface area contributed by atoms with Gasteiger partial charge in [0.2, 0.25) is 5.95 Å². The molecule has 1 saturated carbocycles. The van der Waals surface area contributed by atoms with Crippen molar-refractivity contribution in [3.05, 3.63) is 24.3 Å². The maximum atomic E-state index is 10.1. The second-order valence-electron chi connectivity index (χ2n) is 5.16. The third kappa shape index (κ3) is 2.52. The Hall–Kier alpha value is -1.92. The number of nitrogens with two attached hydrogens (primary N) is 1. The van der Waals surface area contributed by atoms with Crippen molar-refractivity contribution >= 4 is 22.7 Å². The van der Waals surface area contributed by atoms with Crippen LogP contribution in [0.4, 0.5) is 11.8 Å². The topological polar surface area (TPSA) is 96.1 Å². The van der Waals surface area contributed by atoms with Crippen LogP contribution in [0.15, 0.2) is 24.3 Å². The van der Waals surface area contributed by atoms with E-state index < -0.39 is 0 Å². The fraction of sp³-hybridized carbons (Fsp3) is 0.429. The van der Waals surface area contributed by atoms with E-state index in [0.717, 1.165) is 42.4 Å². The monoisotopic (exact) mass is 273 g/mol. The maximum absolute atomic E-state index is 10.1. The summed E-state index contributed by atoms with van der Waals surface area (Å²) in [4.78, 5) is 8.70. The largest absolute Gasteiger partial charge is 0.391 e. The van der Waals surface area contributed by atoms with E-state index >= 15 is 0 Å². The van der Waals surface area contributed by atoms with Gasteiger partial charge in [-0.3, -0.25) is 5.43 Å². The number of anilines is 2. The smallest absolute Gasteiger partial charge is 0.239 e. The molecule has 6 nitrogen and oxygen atoms in total. The number of rotatable bonds is 3. The van der Waals surface area contributed by atoms with E-state index in [9.17, 15) is 5.11 Å². The van der Waals surface area contributed by atoms with Gasteiger partial charge >= 0.3 is 0 Å². The number of nitrogen functional groups attached to an aromatic ring is 1. The number of nitrogens with zero attached hydrogens (tertiary/aromatic N) is 2. The number of aliphatic hydroxyl groups excluding tert-OH is 1. The van der Waals surface area contributed by atoms with Crippen molar-refractivity contribution in [1.29, 1.82) is 0 Å². The second kappa shape index (κ2) is 5.60. The molecule has 20 heavy (non-hydrogen) atoms. The summed E-state index contributed by atoms with van der Waals surface area (Å²) in [7, 11) is 0. The zero-order valence-electron chi connectivity index (χ0n) is 11.2. The van der Waals surface area contributed by atoms with Crippen LogP contribution in [0.5, 0.6) is 0 Å². The van der Waals surface area contributed by atoms with Crippen LogP contribution in [-0.4, -0.2) is 27.2 Å². The number of fused-ring (bicyclic) bond motifs is 1. The second-order valence-corrected chi connectivity index (χ2v) is 5.16. The molecule has 1 aliphatic carbocycles. The summed E-state index contributed by atoms with van der Waals surface area (Å²) >= 11 is 0. The lowest BCUT2D eigenvalue weighted by atomic mass is 9.92. The Bertz CT molecular complexity index is 603. The van der Waals surface area contributed by atoms with Crippen LogP contribution in [-0.2, 0) is 0 Å². The van der Waals surface area contributed by atoms with E-state index in [2.05, 4.69) is 20.7 Å². The minimum absolute atomic E-state index is 0.0349. The number of hydrazine groups is 1. The van der Waals surface area contributed by atoms with Crippen LogP contribution in [0, 0.1) is 0 Å². The van der Waals surface area contributed by atoms with Gasteiger partial charge in [-0.05, 0) is 25.0 Å². The van der Waals surface area contributed by atoms with Gasteiger partial charge in [-0.1, -0.05) is 25.0 Å². The predicted octanol–water partition coefficient (Wildman–Crippen LogP) is 1.63. The molecule has 2 aromatic rings.